The SMILES string of the molecule is COc1cc(/C=C/C(=O)OCC(=O)NC(N)=O)ccc1OCC(C)C. The highest BCUT2D eigenvalue weighted by Gasteiger charge is 2.08. The molecule has 0 saturated carbocycles. The molecule has 0 fully saturated rings. The largest absolute Gasteiger partial charge is 0.493 e. The summed E-state index contributed by atoms with van der Waals surface area (Å²) in [5.74, 6) is -0.0110. The fraction of sp³-hybridized carbons (Fsp3) is 0.353. The second-order valence-electron chi connectivity index (χ2n) is 5.47. The molecule has 0 saturated heterocycles. The van der Waals surface area contributed by atoms with Crippen LogP contribution in [0, 0.1) is 5.92 Å². The predicted molar refractivity (Wildman–Crippen MR) is 91.0 cm³/mol. The van der Waals surface area contributed by atoms with Gasteiger partial charge in [-0.3, -0.25) is 10.1 Å². The molecule has 1 rings (SSSR count). The van der Waals surface area contributed by atoms with Crippen LogP contribution in [-0.2, 0) is 14.3 Å². The lowest BCUT2D eigenvalue weighted by molar-refractivity contribution is -0.143. The number of methoxy groups -OCH3 is 1. The Kier molecular flexibility index (Phi) is 7.98. The van der Waals surface area contributed by atoms with Crippen molar-refractivity contribution >= 4 is 24.0 Å². The molecule has 8 nitrogen and oxygen atoms in total. The van der Waals surface area contributed by atoms with Gasteiger partial charge in [0.05, 0.1) is 13.7 Å². The van der Waals surface area contributed by atoms with Crippen molar-refractivity contribution in [3.63, 3.8) is 0 Å². The Morgan fingerprint density at radius 2 is 1.96 bits per heavy atom. The highest BCUT2D eigenvalue weighted by Crippen LogP contribution is 2.28. The molecule has 0 bridgehead atoms. The van der Waals surface area contributed by atoms with Gasteiger partial charge in [-0.25, -0.2) is 9.59 Å². The van der Waals surface area contributed by atoms with Crippen LogP contribution < -0.4 is 20.5 Å². The molecule has 0 aromatic heterocycles. The van der Waals surface area contributed by atoms with Crippen LogP contribution in [-0.4, -0.2) is 38.2 Å². The van der Waals surface area contributed by atoms with E-state index in [1.165, 1.54) is 13.2 Å². The molecule has 0 atom stereocenters. The number of carbonyl (C=O) groups excluding carboxylic acids is 3. The third-order valence-electron chi connectivity index (χ3n) is 2.78. The van der Waals surface area contributed by atoms with Gasteiger partial charge in [0, 0.05) is 6.08 Å². The van der Waals surface area contributed by atoms with Crippen molar-refractivity contribution in [2.24, 2.45) is 11.7 Å². The Morgan fingerprint density at radius 1 is 1.24 bits per heavy atom. The standard InChI is InChI=1S/C17H22N2O6/c1-11(2)9-24-13-6-4-12(8-14(13)23-3)5-7-16(21)25-10-15(20)19-17(18)22/h4-8,11H,9-10H2,1-3H3,(H3,18,19,20,22)/b7-5+. The maximum absolute atomic E-state index is 11.5. The topological polar surface area (TPSA) is 117 Å². The minimum absolute atomic E-state index is 0.380. The summed E-state index contributed by atoms with van der Waals surface area (Å²) in [5, 5.41) is 1.78. The monoisotopic (exact) mass is 350 g/mol. The lowest BCUT2D eigenvalue weighted by atomic mass is 10.2. The lowest BCUT2D eigenvalue weighted by Crippen LogP contribution is -2.37. The van der Waals surface area contributed by atoms with E-state index >= 15 is 0 Å². The van der Waals surface area contributed by atoms with E-state index in [0.717, 1.165) is 6.08 Å². The summed E-state index contributed by atoms with van der Waals surface area (Å²) in [6.45, 7) is 4.04. The third kappa shape index (κ3) is 7.87. The van der Waals surface area contributed by atoms with Gasteiger partial charge in [-0.05, 0) is 29.7 Å². The van der Waals surface area contributed by atoms with Crippen molar-refractivity contribution in [1.29, 1.82) is 0 Å². The number of primary amides is 1. The van der Waals surface area contributed by atoms with Crippen LogP contribution in [0.25, 0.3) is 6.08 Å². The van der Waals surface area contributed by atoms with E-state index in [1.54, 1.807) is 23.5 Å². The smallest absolute Gasteiger partial charge is 0.331 e. The average molecular weight is 350 g/mol. The third-order valence-corrected chi connectivity index (χ3v) is 2.78. The van der Waals surface area contributed by atoms with Crippen LogP contribution in [0.4, 0.5) is 4.79 Å². The Morgan fingerprint density at radius 3 is 2.56 bits per heavy atom. The molecule has 1 aromatic rings. The number of hydrogen-bond acceptors (Lipinski definition) is 6. The first-order chi connectivity index (χ1) is 11.8. The van der Waals surface area contributed by atoms with E-state index in [-0.39, 0.29) is 0 Å². The molecule has 0 aliphatic carbocycles. The molecule has 1 aromatic carbocycles. The first-order valence-electron chi connectivity index (χ1n) is 7.56. The van der Waals surface area contributed by atoms with E-state index < -0.39 is 24.5 Å². The van der Waals surface area contributed by atoms with Crippen LogP contribution in [0.2, 0.25) is 0 Å². The van der Waals surface area contributed by atoms with Crippen LogP contribution in [0.1, 0.15) is 19.4 Å². The fourth-order valence-corrected chi connectivity index (χ4v) is 1.69. The number of benzene rings is 1. The van der Waals surface area contributed by atoms with Crippen LogP contribution >= 0.6 is 0 Å². The van der Waals surface area contributed by atoms with Crippen molar-refractivity contribution in [1.82, 2.24) is 5.32 Å². The molecular formula is C17H22N2O6. The lowest BCUT2D eigenvalue weighted by Gasteiger charge is -2.12. The molecule has 0 unspecified atom stereocenters. The highest BCUT2D eigenvalue weighted by atomic mass is 16.5. The normalized spacial score (nSPS) is 10.6. The van der Waals surface area contributed by atoms with Gasteiger partial charge in [0.1, 0.15) is 0 Å². The van der Waals surface area contributed by atoms with E-state index in [4.69, 9.17) is 15.2 Å². The van der Waals surface area contributed by atoms with Gasteiger partial charge in [-0.2, -0.15) is 0 Å². The predicted octanol–water partition coefficient (Wildman–Crippen LogP) is 1.48. The Hall–Kier alpha value is -3.03. The number of carbonyl (C=O) groups is 3. The Labute approximate surface area is 145 Å². The minimum Gasteiger partial charge on any atom is -0.493 e. The van der Waals surface area contributed by atoms with Gasteiger partial charge in [0.15, 0.2) is 18.1 Å². The number of nitrogens with one attached hydrogen (secondary N) is 1. The average Bonchev–Trinajstić information content (AvgIpc) is 2.55. The second-order valence-corrected chi connectivity index (χ2v) is 5.47. The summed E-state index contributed by atoms with van der Waals surface area (Å²) >= 11 is 0. The molecule has 0 heterocycles. The fourth-order valence-electron chi connectivity index (χ4n) is 1.69. The van der Waals surface area contributed by atoms with Crippen molar-refractivity contribution in [2.75, 3.05) is 20.3 Å². The van der Waals surface area contributed by atoms with E-state index in [9.17, 15) is 14.4 Å². The molecule has 0 radical (unpaired) electrons. The van der Waals surface area contributed by atoms with Crippen LogP contribution in [0.15, 0.2) is 24.3 Å². The van der Waals surface area contributed by atoms with Crippen molar-refractivity contribution in [3.05, 3.63) is 29.8 Å². The molecule has 0 aliphatic heterocycles. The number of amides is 3. The molecule has 25 heavy (non-hydrogen) atoms. The van der Waals surface area contributed by atoms with Gasteiger partial charge < -0.3 is 19.9 Å². The number of imide groups is 1. The van der Waals surface area contributed by atoms with Gasteiger partial charge in [0.25, 0.3) is 5.91 Å². The summed E-state index contributed by atoms with van der Waals surface area (Å²) in [4.78, 5) is 33.1. The molecule has 0 aliphatic rings. The summed E-state index contributed by atoms with van der Waals surface area (Å²) < 4.78 is 15.6. The van der Waals surface area contributed by atoms with Gasteiger partial charge in [0.2, 0.25) is 0 Å². The summed E-state index contributed by atoms with van der Waals surface area (Å²) in [5.41, 5.74) is 5.45. The van der Waals surface area contributed by atoms with Gasteiger partial charge >= 0.3 is 12.0 Å². The number of nitrogens with two attached hydrogens (primary N) is 1. The Balaban J connectivity index is 2.63. The molecule has 3 amide bonds. The molecular weight excluding hydrogens is 328 g/mol. The highest BCUT2D eigenvalue weighted by molar-refractivity contribution is 5.95. The first kappa shape index (κ1) is 20.0. The van der Waals surface area contributed by atoms with E-state index in [2.05, 4.69) is 4.74 Å². The zero-order valence-electron chi connectivity index (χ0n) is 14.4. The van der Waals surface area contributed by atoms with E-state index in [0.29, 0.717) is 29.6 Å². The number of ether oxygens (including phenoxy) is 3. The maximum atomic E-state index is 11.5. The van der Waals surface area contributed by atoms with Crippen LogP contribution in [0.3, 0.4) is 0 Å². The summed E-state index contributed by atoms with van der Waals surface area (Å²) in [7, 11) is 1.52. The minimum atomic E-state index is -1.01. The number of esters is 1. The zero-order valence-corrected chi connectivity index (χ0v) is 14.4. The van der Waals surface area contributed by atoms with Gasteiger partial charge in [-0.15, -0.1) is 0 Å². The second kappa shape index (κ2) is 9.96. The zero-order chi connectivity index (χ0) is 18.8. The number of urea groups is 1. The first-order valence-corrected chi connectivity index (χ1v) is 7.56. The Bertz CT molecular complexity index is 655. The maximum Gasteiger partial charge on any atom is 0.331 e. The summed E-state index contributed by atoms with van der Waals surface area (Å²) in [6.07, 6.45) is 2.66. The van der Waals surface area contributed by atoms with Crippen molar-refractivity contribution < 1.29 is 28.6 Å². The number of rotatable bonds is 8. The quantitative estimate of drug-likeness (QED) is 0.542. The molecule has 136 valence electrons. The number of hydrogen-bond donors (Lipinski definition) is 2. The van der Waals surface area contributed by atoms with Crippen LogP contribution in [0.5, 0.6) is 11.5 Å². The van der Waals surface area contributed by atoms with Crippen molar-refractivity contribution in [2.45, 2.75) is 13.8 Å². The van der Waals surface area contributed by atoms with E-state index in [1.807, 2.05) is 13.8 Å². The molecule has 3 N–H and O–H groups in total. The van der Waals surface area contributed by atoms with Crippen molar-refractivity contribution in [3.8, 4) is 11.5 Å². The molecule has 0 spiro atoms. The van der Waals surface area contributed by atoms with Gasteiger partial charge in [-0.1, -0.05) is 19.9 Å². The molecule has 8 heteroatoms. The summed E-state index contributed by atoms with van der Waals surface area (Å²) in [6, 6.07) is 4.19.